The summed E-state index contributed by atoms with van der Waals surface area (Å²) in [6, 6.07) is 5.51. The van der Waals surface area contributed by atoms with Crippen molar-refractivity contribution in [3.63, 3.8) is 0 Å². The van der Waals surface area contributed by atoms with Crippen LogP contribution in [-0.2, 0) is 0 Å². The highest BCUT2D eigenvalue weighted by molar-refractivity contribution is 5.51. The number of hydrogen-bond acceptors (Lipinski definition) is 3. The van der Waals surface area contributed by atoms with Gasteiger partial charge in [-0.25, -0.2) is 0 Å². The molecule has 0 radical (unpaired) electrons. The predicted octanol–water partition coefficient (Wildman–Crippen LogP) is 5.46. The Morgan fingerprint density at radius 1 is 1.26 bits per heavy atom. The summed E-state index contributed by atoms with van der Waals surface area (Å²) >= 11 is 0. The third kappa shape index (κ3) is 6.55. The van der Waals surface area contributed by atoms with Crippen LogP contribution in [0.4, 0.5) is 5.69 Å². The second kappa shape index (κ2) is 8.85. The Morgan fingerprint density at radius 2 is 1.96 bits per heavy atom. The van der Waals surface area contributed by atoms with E-state index in [1.807, 2.05) is 12.1 Å². The number of nitrogen functional groups attached to an aromatic ring is 1. The molecule has 0 fully saturated rings. The first-order chi connectivity index (χ1) is 10.8. The molecular weight excluding hydrogens is 286 g/mol. The molecule has 3 nitrogen and oxygen atoms in total. The first-order valence-corrected chi connectivity index (χ1v) is 8.52. The van der Waals surface area contributed by atoms with E-state index in [1.165, 1.54) is 5.57 Å². The number of allylic oxidation sites excluding steroid dienone is 2. The van der Waals surface area contributed by atoms with Crippen molar-refractivity contribution in [2.24, 2.45) is 11.3 Å². The maximum atomic E-state index is 5.93. The standard InChI is InChI=1S/C20H33NO2/c1-7-15(16(8-2)14-20(3,4)5)11-12-23-18-10-9-17(21)13-19(18)22-6/h8-10,13,15H,7,11-12,14,21H2,1-6H3. The fourth-order valence-corrected chi connectivity index (χ4v) is 2.86. The molecule has 0 aromatic heterocycles. The molecule has 0 heterocycles. The molecule has 1 aromatic carbocycles. The Labute approximate surface area is 141 Å². The van der Waals surface area contributed by atoms with Crippen molar-refractivity contribution in [3.05, 3.63) is 29.8 Å². The average molecular weight is 319 g/mol. The number of nitrogens with two attached hydrogens (primary N) is 1. The van der Waals surface area contributed by atoms with E-state index in [9.17, 15) is 0 Å². The SMILES string of the molecule is CC=C(CC(C)(C)C)C(CC)CCOc1ccc(N)cc1OC. The van der Waals surface area contributed by atoms with Gasteiger partial charge in [0.15, 0.2) is 11.5 Å². The van der Waals surface area contributed by atoms with Gasteiger partial charge in [-0.3, -0.25) is 0 Å². The summed E-state index contributed by atoms with van der Waals surface area (Å²) in [7, 11) is 1.64. The number of benzene rings is 1. The average Bonchev–Trinajstić information content (AvgIpc) is 2.49. The van der Waals surface area contributed by atoms with Crippen molar-refractivity contribution >= 4 is 5.69 Å². The second-order valence-corrected chi connectivity index (χ2v) is 7.25. The van der Waals surface area contributed by atoms with Crippen LogP contribution >= 0.6 is 0 Å². The first-order valence-electron chi connectivity index (χ1n) is 8.52. The summed E-state index contributed by atoms with van der Waals surface area (Å²) in [5.74, 6) is 2.02. The van der Waals surface area contributed by atoms with Gasteiger partial charge < -0.3 is 15.2 Å². The molecule has 0 saturated heterocycles. The summed E-state index contributed by atoms with van der Waals surface area (Å²) in [6.45, 7) is 11.9. The normalized spacial score (nSPS) is 13.7. The molecule has 0 aliphatic heterocycles. The number of hydrogen-bond donors (Lipinski definition) is 1. The van der Waals surface area contributed by atoms with Crippen LogP contribution in [0.5, 0.6) is 11.5 Å². The molecule has 0 spiro atoms. The van der Waals surface area contributed by atoms with Gasteiger partial charge in [-0.15, -0.1) is 0 Å². The van der Waals surface area contributed by atoms with Crippen LogP contribution in [0.2, 0.25) is 0 Å². The van der Waals surface area contributed by atoms with Crippen LogP contribution in [0.15, 0.2) is 29.8 Å². The summed E-state index contributed by atoms with van der Waals surface area (Å²) in [5.41, 5.74) is 8.31. The number of anilines is 1. The summed E-state index contributed by atoms with van der Waals surface area (Å²) < 4.78 is 11.3. The van der Waals surface area contributed by atoms with Crippen LogP contribution in [-0.4, -0.2) is 13.7 Å². The zero-order valence-electron chi connectivity index (χ0n) is 15.6. The molecule has 3 heteroatoms. The lowest BCUT2D eigenvalue weighted by Crippen LogP contribution is -2.15. The van der Waals surface area contributed by atoms with Crippen LogP contribution in [0.25, 0.3) is 0 Å². The highest BCUT2D eigenvalue weighted by atomic mass is 16.5. The largest absolute Gasteiger partial charge is 0.493 e. The van der Waals surface area contributed by atoms with Gasteiger partial charge in [0, 0.05) is 11.8 Å². The molecule has 0 aliphatic rings. The van der Waals surface area contributed by atoms with Gasteiger partial charge in [0.05, 0.1) is 13.7 Å². The summed E-state index contributed by atoms with van der Waals surface area (Å²) in [4.78, 5) is 0. The van der Waals surface area contributed by atoms with E-state index >= 15 is 0 Å². The van der Waals surface area contributed by atoms with Gasteiger partial charge in [0.2, 0.25) is 0 Å². The number of ether oxygens (including phenoxy) is 2. The van der Waals surface area contributed by atoms with Crippen molar-refractivity contribution in [3.8, 4) is 11.5 Å². The van der Waals surface area contributed by atoms with E-state index in [1.54, 1.807) is 13.2 Å². The van der Waals surface area contributed by atoms with Gasteiger partial charge in [-0.1, -0.05) is 39.3 Å². The van der Waals surface area contributed by atoms with Gasteiger partial charge in [-0.2, -0.15) is 0 Å². The molecule has 1 rings (SSSR count). The number of rotatable bonds is 8. The molecule has 1 aromatic rings. The van der Waals surface area contributed by atoms with E-state index < -0.39 is 0 Å². The minimum atomic E-state index is 0.316. The molecule has 130 valence electrons. The third-order valence-corrected chi connectivity index (χ3v) is 4.03. The Bertz CT molecular complexity index is 515. The van der Waals surface area contributed by atoms with E-state index in [-0.39, 0.29) is 0 Å². The smallest absolute Gasteiger partial charge is 0.162 e. The Balaban J connectivity index is 2.65. The van der Waals surface area contributed by atoms with Crippen LogP contribution in [0, 0.1) is 11.3 Å². The molecule has 0 amide bonds. The van der Waals surface area contributed by atoms with Crippen LogP contribution < -0.4 is 15.2 Å². The van der Waals surface area contributed by atoms with Crippen molar-refractivity contribution in [1.82, 2.24) is 0 Å². The monoisotopic (exact) mass is 319 g/mol. The van der Waals surface area contributed by atoms with Gasteiger partial charge in [0.25, 0.3) is 0 Å². The summed E-state index contributed by atoms with van der Waals surface area (Å²) in [6.07, 6.45) is 5.56. The molecule has 0 aliphatic carbocycles. The Morgan fingerprint density at radius 3 is 2.48 bits per heavy atom. The second-order valence-electron chi connectivity index (χ2n) is 7.25. The van der Waals surface area contributed by atoms with Gasteiger partial charge in [0.1, 0.15) is 0 Å². The molecule has 2 N–H and O–H groups in total. The fraction of sp³-hybridized carbons (Fsp3) is 0.600. The summed E-state index contributed by atoms with van der Waals surface area (Å²) in [5, 5.41) is 0. The lowest BCUT2D eigenvalue weighted by atomic mass is 9.81. The molecule has 23 heavy (non-hydrogen) atoms. The van der Waals surface area contributed by atoms with Crippen molar-refractivity contribution in [2.75, 3.05) is 19.5 Å². The highest BCUT2D eigenvalue weighted by Gasteiger charge is 2.19. The maximum absolute atomic E-state index is 5.93. The molecule has 1 atom stereocenters. The maximum Gasteiger partial charge on any atom is 0.162 e. The van der Waals surface area contributed by atoms with Crippen LogP contribution in [0.3, 0.4) is 0 Å². The molecule has 1 unspecified atom stereocenters. The van der Waals surface area contributed by atoms with E-state index in [4.69, 9.17) is 15.2 Å². The number of methoxy groups -OCH3 is 1. The van der Waals surface area contributed by atoms with E-state index in [0.717, 1.165) is 25.0 Å². The fourth-order valence-electron chi connectivity index (χ4n) is 2.86. The van der Waals surface area contributed by atoms with Gasteiger partial charge in [-0.05, 0) is 49.7 Å². The minimum absolute atomic E-state index is 0.316. The first kappa shape index (κ1) is 19.4. The molecule has 0 bridgehead atoms. The predicted molar refractivity (Wildman–Crippen MR) is 99.1 cm³/mol. The van der Waals surface area contributed by atoms with Crippen molar-refractivity contribution in [2.45, 2.75) is 53.9 Å². The van der Waals surface area contributed by atoms with Crippen molar-refractivity contribution in [1.29, 1.82) is 0 Å². The third-order valence-electron chi connectivity index (χ3n) is 4.03. The zero-order chi connectivity index (χ0) is 17.5. The van der Waals surface area contributed by atoms with Gasteiger partial charge >= 0.3 is 0 Å². The minimum Gasteiger partial charge on any atom is -0.493 e. The van der Waals surface area contributed by atoms with E-state index in [0.29, 0.717) is 29.4 Å². The Hall–Kier alpha value is -1.64. The zero-order valence-corrected chi connectivity index (χ0v) is 15.6. The quantitative estimate of drug-likeness (QED) is 0.511. The van der Waals surface area contributed by atoms with E-state index in [2.05, 4.69) is 40.7 Å². The molecule has 0 saturated carbocycles. The molecular formula is C20H33NO2. The lowest BCUT2D eigenvalue weighted by molar-refractivity contribution is 0.265. The highest BCUT2D eigenvalue weighted by Crippen LogP contribution is 2.33. The topological polar surface area (TPSA) is 44.5 Å². The van der Waals surface area contributed by atoms with Crippen molar-refractivity contribution < 1.29 is 9.47 Å². The lowest BCUT2D eigenvalue weighted by Gasteiger charge is -2.26. The Kier molecular flexibility index (Phi) is 7.47. The van der Waals surface area contributed by atoms with Crippen LogP contribution in [0.1, 0.15) is 53.9 Å².